The minimum atomic E-state index is -5.86. The van der Waals surface area contributed by atoms with Crippen LogP contribution in [0.4, 0.5) is 26.3 Å². The monoisotopic (exact) mass is 426 g/mol. The average Bonchev–Trinajstić information content (AvgIpc) is 3.15. The van der Waals surface area contributed by atoms with Crippen LogP contribution in [0.25, 0.3) is 0 Å². The zero-order valence-corrected chi connectivity index (χ0v) is 16.0. The summed E-state index contributed by atoms with van der Waals surface area (Å²) in [5.74, 6) is 1.91. The quantitative estimate of drug-likeness (QED) is 0.369. The van der Waals surface area contributed by atoms with Crippen LogP contribution in [0.5, 0.6) is 0 Å². The van der Waals surface area contributed by atoms with Crippen LogP contribution in [0.1, 0.15) is 43.9 Å². The van der Waals surface area contributed by atoms with E-state index in [4.69, 9.17) is 4.89 Å². The number of halogens is 6. The molecular formula is C20H24F6O3. The van der Waals surface area contributed by atoms with E-state index in [1.807, 2.05) is 0 Å². The molecule has 6 atom stereocenters. The van der Waals surface area contributed by atoms with Gasteiger partial charge in [-0.3, -0.25) is 5.26 Å². The highest BCUT2D eigenvalue weighted by Gasteiger charge is 2.70. The minimum absolute atomic E-state index is 0.0318. The minimum Gasteiger partial charge on any atom is -0.373 e. The van der Waals surface area contributed by atoms with Crippen molar-refractivity contribution in [3.8, 4) is 0 Å². The molecule has 29 heavy (non-hydrogen) atoms. The summed E-state index contributed by atoms with van der Waals surface area (Å²) >= 11 is 0. The van der Waals surface area contributed by atoms with E-state index in [0.717, 1.165) is 25.0 Å². The molecule has 1 aromatic carbocycles. The molecule has 3 nitrogen and oxygen atoms in total. The maximum Gasteiger partial charge on any atom is 0.426 e. The van der Waals surface area contributed by atoms with E-state index in [9.17, 15) is 36.7 Å². The molecule has 0 aliphatic heterocycles. The molecule has 0 aromatic heterocycles. The number of hydrogen-bond acceptors (Lipinski definition) is 3. The topological polar surface area (TPSA) is 49.7 Å². The first-order valence-electron chi connectivity index (χ1n) is 9.55. The molecule has 0 heterocycles. The second kappa shape index (κ2) is 7.42. The lowest BCUT2D eigenvalue weighted by Crippen LogP contribution is -2.58. The molecule has 2 aliphatic rings. The Morgan fingerprint density at radius 1 is 0.966 bits per heavy atom. The van der Waals surface area contributed by atoms with Crippen LogP contribution < -0.4 is 0 Å². The van der Waals surface area contributed by atoms with Crippen molar-refractivity contribution >= 4 is 0 Å². The number of hydrogen-bond donors (Lipinski definition) is 2. The van der Waals surface area contributed by atoms with Gasteiger partial charge in [-0.25, -0.2) is 4.89 Å². The summed E-state index contributed by atoms with van der Waals surface area (Å²) in [6, 6.07) is 4.90. The van der Waals surface area contributed by atoms with Crippen molar-refractivity contribution in [3.05, 3.63) is 35.4 Å². The second-order valence-corrected chi connectivity index (χ2v) is 8.58. The zero-order chi connectivity index (χ0) is 21.8. The van der Waals surface area contributed by atoms with E-state index in [1.54, 1.807) is 0 Å². The van der Waals surface area contributed by atoms with Gasteiger partial charge in [0.2, 0.25) is 0 Å². The molecule has 1 aromatic rings. The predicted octanol–water partition coefficient (Wildman–Crippen LogP) is 5.54. The molecule has 6 unspecified atom stereocenters. The molecular weight excluding hydrogens is 402 g/mol. The molecule has 2 bridgehead atoms. The van der Waals surface area contributed by atoms with Crippen molar-refractivity contribution < 1.29 is 41.6 Å². The Kier molecular flexibility index (Phi) is 5.73. The van der Waals surface area contributed by atoms with E-state index >= 15 is 0 Å². The van der Waals surface area contributed by atoms with Gasteiger partial charge < -0.3 is 5.11 Å². The maximum atomic E-state index is 12.9. The van der Waals surface area contributed by atoms with Crippen molar-refractivity contribution in [2.45, 2.75) is 57.2 Å². The van der Waals surface area contributed by atoms with Crippen molar-refractivity contribution in [2.24, 2.45) is 29.6 Å². The smallest absolute Gasteiger partial charge is 0.373 e. The van der Waals surface area contributed by atoms with Gasteiger partial charge in [-0.15, -0.1) is 0 Å². The third kappa shape index (κ3) is 3.77. The van der Waals surface area contributed by atoms with Crippen LogP contribution >= 0.6 is 0 Å². The van der Waals surface area contributed by atoms with Crippen LogP contribution in [-0.4, -0.2) is 28.3 Å². The highest BCUT2D eigenvalue weighted by Crippen LogP contribution is 2.58. The van der Waals surface area contributed by atoms with E-state index in [-0.39, 0.29) is 11.5 Å². The van der Waals surface area contributed by atoms with Crippen LogP contribution in [0.2, 0.25) is 0 Å². The molecule has 2 saturated carbocycles. The summed E-state index contributed by atoms with van der Waals surface area (Å²) < 4.78 is 77.3. The number of aliphatic hydroxyl groups is 1. The van der Waals surface area contributed by atoms with E-state index in [0.29, 0.717) is 29.2 Å². The fourth-order valence-electron chi connectivity index (χ4n) is 5.21. The molecule has 0 amide bonds. The molecule has 0 radical (unpaired) electrons. The van der Waals surface area contributed by atoms with Gasteiger partial charge in [0, 0.05) is 6.42 Å². The van der Waals surface area contributed by atoms with Gasteiger partial charge in [0.1, 0.15) is 6.10 Å². The van der Waals surface area contributed by atoms with Crippen LogP contribution in [0, 0.1) is 29.6 Å². The molecule has 164 valence electrons. The lowest BCUT2D eigenvalue weighted by atomic mass is 9.72. The van der Waals surface area contributed by atoms with Gasteiger partial charge in [-0.05, 0) is 53.6 Å². The fourth-order valence-corrected chi connectivity index (χ4v) is 5.21. The van der Waals surface area contributed by atoms with E-state index < -0.39 is 30.5 Å². The third-order valence-electron chi connectivity index (χ3n) is 7.16. The summed E-state index contributed by atoms with van der Waals surface area (Å²) in [6.45, 7) is 4.34. The number of benzene rings is 1. The SMILES string of the molecule is CC1C2CC(C(OO)c3ccc(CC(O)(C(F)(F)F)C(F)(F)F)cc3)C(C2)C1C. The number of fused-ring (bicyclic) bond motifs is 2. The van der Waals surface area contributed by atoms with E-state index in [2.05, 4.69) is 13.8 Å². The van der Waals surface area contributed by atoms with Crippen molar-refractivity contribution in [1.29, 1.82) is 0 Å². The van der Waals surface area contributed by atoms with Crippen molar-refractivity contribution in [2.75, 3.05) is 0 Å². The van der Waals surface area contributed by atoms with E-state index in [1.165, 1.54) is 12.1 Å². The summed E-state index contributed by atoms with van der Waals surface area (Å²) in [6.07, 6.45) is -12.2. The van der Waals surface area contributed by atoms with Crippen LogP contribution in [0.15, 0.2) is 24.3 Å². The first-order valence-corrected chi connectivity index (χ1v) is 9.55. The van der Waals surface area contributed by atoms with Gasteiger partial charge in [0.25, 0.3) is 5.60 Å². The second-order valence-electron chi connectivity index (χ2n) is 8.58. The predicted molar refractivity (Wildman–Crippen MR) is 91.7 cm³/mol. The van der Waals surface area contributed by atoms with Crippen LogP contribution in [0.3, 0.4) is 0 Å². The van der Waals surface area contributed by atoms with Gasteiger partial charge >= 0.3 is 12.4 Å². The van der Waals surface area contributed by atoms with Gasteiger partial charge in [0.05, 0.1) is 0 Å². The Morgan fingerprint density at radius 3 is 1.93 bits per heavy atom. The lowest BCUT2D eigenvalue weighted by molar-refractivity contribution is -0.367. The fraction of sp³-hybridized carbons (Fsp3) is 0.700. The third-order valence-corrected chi connectivity index (χ3v) is 7.16. The highest BCUT2D eigenvalue weighted by atomic mass is 19.4. The Bertz CT molecular complexity index is 698. The summed E-state index contributed by atoms with van der Waals surface area (Å²) in [7, 11) is 0. The average molecular weight is 426 g/mol. The highest BCUT2D eigenvalue weighted by molar-refractivity contribution is 5.27. The summed E-state index contributed by atoms with van der Waals surface area (Å²) in [5, 5.41) is 18.8. The summed E-state index contributed by atoms with van der Waals surface area (Å²) in [5.41, 5.74) is -4.67. The standard InChI is InChI=1S/C20H24F6O3/c1-10-11(2)15-7-14(10)8-16(15)17(29-28)13-5-3-12(4-6-13)9-18(27,19(21,22)23)20(24,25)26/h3-6,10-11,14-17,27-28H,7-9H2,1-2H3. The largest absolute Gasteiger partial charge is 0.426 e. The van der Waals surface area contributed by atoms with Gasteiger partial charge in [-0.1, -0.05) is 38.1 Å². The summed E-state index contributed by atoms with van der Waals surface area (Å²) in [4.78, 5) is 4.70. The molecule has 0 spiro atoms. The number of rotatable bonds is 5. The Labute approximate surface area is 164 Å². The molecule has 2 fully saturated rings. The Balaban J connectivity index is 1.79. The van der Waals surface area contributed by atoms with Gasteiger partial charge in [0.15, 0.2) is 0 Å². The Morgan fingerprint density at radius 2 is 1.52 bits per heavy atom. The first kappa shape index (κ1) is 22.4. The molecule has 0 saturated heterocycles. The first-order chi connectivity index (χ1) is 13.3. The zero-order valence-electron chi connectivity index (χ0n) is 16.0. The van der Waals surface area contributed by atoms with Crippen molar-refractivity contribution in [1.82, 2.24) is 0 Å². The molecule has 2 N–H and O–H groups in total. The lowest BCUT2D eigenvalue weighted by Gasteiger charge is -2.35. The normalized spacial score (nSPS) is 31.3. The maximum absolute atomic E-state index is 12.9. The Hall–Kier alpha value is -1.32. The van der Waals surface area contributed by atoms with Crippen molar-refractivity contribution in [3.63, 3.8) is 0 Å². The number of alkyl halides is 6. The molecule has 3 rings (SSSR count). The molecule has 9 heteroatoms. The molecule has 2 aliphatic carbocycles. The van der Waals surface area contributed by atoms with Gasteiger partial charge in [-0.2, -0.15) is 26.3 Å². The van der Waals surface area contributed by atoms with Crippen LogP contribution in [-0.2, 0) is 11.3 Å².